The zero-order valence-corrected chi connectivity index (χ0v) is 14.5. The van der Waals surface area contributed by atoms with Crippen LogP contribution in [0.5, 0.6) is 6.01 Å². The number of nitrogens with zero attached hydrogens (tertiary/aromatic N) is 2. The second-order valence-electron chi connectivity index (χ2n) is 6.37. The first kappa shape index (κ1) is 18.4. The fourth-order valence-electron chi connectivity index (χ4n) is 3.14. The van der Waals surface area contributed by atoms with Gasteiger partial charge in [-0.05, 0) is 5.56 Å². The zero-order valence-electron chi connectivity index (χ0n) is 14.5. The van der Waals surface area contributed by atoms with Gasteiger partial charge in [0.25, 0.3) is 5.56 Å². The number of aliphatic hydroxyl groups excluding tert-OH is 3. The van der Waals surface area contributed by atoms with Gasteiger partial charge in [-0.3, -0.25) is 14.8 Å². The summed E-state index contributed by atoms with van der Waals surface area (Å²) in [6, 6.07) is 9.07. The molecule has 0 radical (unpaired) electrons. The van der Waals surface area contributed by atoms with E-state index in [-0.39, 0.29) is 23.8 Å². The Balaban J connectivity index is 1.80. The van der Waals surface area contributed by atoms with Crippen molar-refractivity contribution in [1.82, 2.24) is 19.5 Å². The second-order valence-corrected chi connectivity index (χ2v) is 6.37. The van der Waals surface area contributed by atoms with Crippen molar-refractivity contribution >= 4 is 11.2 Å². The highest BCUT2D eigenvalue weighted by Gasteiger charge is 2.45. The Morgan fingerprint density at radius 1 is 1.14 bits per heavy atom. The first-order valence-corrected chi connectivity index (χ1v) is 8.53. The topological polar surface area (TPSA) is 163 Å². The van der Waals surface area contributed by atoms with Crippen LogP contribution >= 0.6 is 0 Å². The Morgan fingerprint density at radius 3 is 2.57 bits per heavy atom. The van der Waals surface area contributed by atoms with Gasteiger partial charge in [-0.1, -0.05) is 30.3 Å². The molecule has 0 bridgehead atoms. The van der Waals surface area contributed by atoms with Crippen molar-refractivity contribution in [3.63, 3.8) is 0 Å². The van der Waals surface area contributed by atoms with E-state index < -0.39 is 42.4 Å². The van der Waals surface area contributed by atoms with Gasteiger partial charge < -0.3 is 24.8 Å². The number of rotatable bonds is 5. The normalized spacial score (nSPS) is 24.7. The predicted octanol–water partition coefficient (Wildman–Crippen LogP) is -1.40. The quantitative estimate of drug-likeness (QED) is 0.355. The van der Waals surface area contributed by atoms with E-state index in [0.29, 0.717) is 0 Å². The molecule has 0 spiro atoms. The molecule has 148 valence electrons. The van der Waals surface area contributed by atoms with Gasteiger partial charge in [-0.15, -0.1) is 0 Å². The fourth-order valence-corrected chi connectivity index (χ4v) is 3.14. The summed E-state index contributed by atoms with van der Waals surface area (Å²) in [7, 11) is 0. The molecule has 11 nitrogen and oxygen atoms in total. The molecule has 0 aliphatic carbocycles. The molecule has 4 rings (SSSR count). The Labute approximate surface area is 156 Å². The van der Waals surface area contributed by atoms with Crippen molar-refractivity contribution in [2.45, 2.75) is 31.1 Å². The minimum atomic E-state index is -1.45. The lowest BCUT2D eigenvalue weighted by Crippen LogP contribution is -2.33. The second kappa shape index (κ2) is 7.20. The van der Waals surface area contributed by atoms with Gasteiger partial charge in [-0.25, -0.2) is 9.36 Å². The number of hydrogen-bond donors (Lipinski definition) is 5. The van der Waals surface area contributed by atoms with Crippen LogP contribution in [0, 0.1) is 0 Å². The van der Waals surface area contributed by atoms with Crippen LogP contribution in [0.4, 0.5) is 0 Å². The van der Waals surface area contributed by atoms with Gasteiger partial charge >= 0.3 is 11.7 Å². The number of hydrogen-bond acceptors (Lipinski definition) is 8. The van der Waals surface area contributed by atoms with Gasteiger partial charge in [0.15, 0.2) is 17.4 Å². The average molecular weight is 390 g/mol. The fraction of sp³-hybridized carbons (Fsp3) is 0.353. The Bertz CT molecular complexity index is 1090. The molecule has 1 fully saturated rings. The molecule has 0 saturated carbocycles. The van der Waals surface area contributed by atoms with Crippen LogP contribution in [-0.4, -0.2) is 59.8 Å². The summed E-state index contributed by atoms with van der Waals surface area (Å²) in [4.78, 5) is 32.5. The molecule has 4 atom stereocenters. The molecular weight excluding hydrogens is 372 g/mol. The number of aromatic amines is 2. The molecule has 28 heavy (non-hydrogen) atoms. The van der Waals surface area contributed by atoms with Gasteiger partial charge in [-0.2, -0.15) is 4.98 Å². The third-order valence-electron chi connectivity index (χ3n) is 4.54. The van der Waals surface area contributed by atoms with E-state index >= 15 is 0 Å². The minimum Gasteiger partial charge on any atom is -0.460 e. The summed E-state index contributed by atoms with van der Waals surface area (Å²) < 4.78 is 12.4. The lowest BCUT2D eigenvalue weighted by Gasteiger charge is -2.19. The van der Waals surface area contributed by atoms with Gasteiger partial charge in [0, 0.05) is 0 Å². The van der Waals surface area contributed by atoms with Gasteiger partial charge in [0.05, 0.1) is 6.61 Å². The zero-order chi connectivity index (χ0) is 19.8. The molecule has 1 aromatic carbocycles. The van der Waals surface area contributed by atoms with Crippen molar-refractivity contribution < 1.29 is 24.8 Å². The van der Waals surface area contributed by atoms with Crippen molar-refractivity contribution in [1.29, 1.82) is 0 Å². The van der Waals surface area contributed by atoms with E-state index in [1.807, 2.05) is 30.3 Å². The summed E-state index contributed by atoms with van der Waals surface area (Å²) >= 11 is 0. The van der Waals surface area contributed by atoms with Crippen molar-refractivity contribution in [3.05, 3.63) is 56.7 Å². The highest BCUT2D eigenvalue weighted by Crippen LogP contribution is 2.34. The number of ether oxygens (including phenoxy) is 2. The van der Waals surface area contributed by atoms with E-state index in [1.54, 1.807) is 0 Å². The monoisotopic (exact) mass is 390 g/mol. The van der Waals surface area contributed by atoms with Crippen LogP contribution in [0.2, 0.25) is 0 Å². The molecule has 1 unspecified atom stereocenters. The van der Waals surface area contributed by atoms with Crippen LogP contribution in [0.3, 0.4) is 0 Å². The number of H-pyrrole nitrogens is 2. The summed E-state index contributed by atoms with van der Waals surface area (Å²) in [5, 5.41) is 29.8. The van der Waals surface area contributed by atoms with E-state index in [4.69, 9.17) is 9.47 Å². The maximum atomic E-state index is 12.1. The Kier molecular flexibility index (Phi) is 4.73. The number of aromatic nitrogens is 4. The summed E-state index contributed by atoms with van der Waals surface area (Å²) in [5.74, 6) is 0. The maximum absolute atomic E-state index is 12.1. The van der Waals surface area contributed by atoms with E-state index in [1.165, 1.54) is 4.57 Å². The molecule has 3 aromatic rings. The van der Waals surface area contributed by atoms with Crippen LogP contribution in [0.15, 0.2) is 39.9 Å². The number of aliphatic hydroxyl groups is 3. The van der Waals surface area contributed by atoms with Crippen molar-refractivity contribution in [3.8, 4) is 6.01 Å². The SMILES string of the molecule is O=c1[nH]c(=O)c2nc(OCc3ccccc3)n(C3O[C@H](CO)[C@@H](O)[C@H]3O)c2[nH]1. The Morgan fingerprint density at radius 2 is 1.89 bits per heavy atom. The molecule has 5 N–H and O–H groups in total. The lowest BCUT2D eigenvalue weighted by atomic mass is 10.1. The molecule has 1 saturated heterocycles. The molecule has 0 amide bonds. The van der Waals surface area contributed by atoms with E-state index in [9.17, 15) is 24.9 Å². The smallest absolute Gasteiger partial charge is 0.327 e. The number of imidazole rings is 1. The third-order valence-corrected chi connectivity index (χ3v) is 4.54. The average Bonchev–Trinajstić information content (AvgIpc) is 3.18. The first-order chi connectivity index (χ1) is 13.5. The summed E-state index contributed by atoms with van der Waals surface area (Å²) in [5.41, 5.74) is -0.856. The summed E-state index contributed by atoms with van der Waals surface area (Å²) in [6.07, 6.45) is -5.10. The maximum Gasteiger partial charge on any atom is 0.327 e. The lowest BCUT2D eigenvalue weighted by molar-refractivity contribution is -0.0545. The van der Waals surface area contributed by atoms with Crippen LogP contribution in [0.1, 0.15) is 11.8 Å². The highest BCUT2D eigenvalue weighted by molar-refractivity contribution is 5.71. The van der Waals surface area contributed by atoms with E-state index in [2.05, 4.69) is 15.0 Å². The Hall–Kier alpha value is -2.99. The molecule has 1 aliphatic rings. The van der Waals surface area contributed by atoms with Crippen molar-refractivity contribution in [2.75, 3.05) is 6.61 Å². The molecule has 11 heteroatoms. The number of benzene rings is 1. The highest BCUT2D eigenvalue weighted by atomic mass is 16.6. The van der Waals surface area contributed by atoms with Crippen LogP contribution in [0.25, 0.3) is 11.2 Å². The molecule has 1 aliphatic heterocycles. The van der Waals surface area contributed by atoms with E-state index in [0.717, 1.165) is 5.56 Å². The molecule has 2 aromatic heterocycles. The molecule has 3 heterocycles. The minimum absolute atomic E-state index is 0.0355. The standard InChI is InChI=1S/C17H18N4O7/c22-6-9-11(23)12(24)15(28-9)21-13-10(14(25)20-16(26)19-13)18-17(21)27-7-8-4-2-1-3-5-8/h1-5,9,11-12,15,22-24H,6-7H2,(H2,19,20,25,26)/t9-,11-,12-,15?/m1/s1. The van der Waals surface area contributed by atoms with Crippen LogP contribution in [-0.2, 0) is 11.3 Å². The largest absolute Gasteiger partial charge is 0.460 e. The van der Waals surface area contributed by atoms with Gasteiger partial charge in [0.1, 0.15) is 24.9 Å². The number of nitrogens with one attached hydrogen (secondary N) is 2. The summed E-state index contributed by atoms with van der Waals surface area (Å²) in [6.45, 7) is -0.431. The third kappa shape index (κ3) is 3.10. The number of fused-ring (bicyclic) bond motifs is 1. The van der Waals surface area contributed by atoms with Crippen molar-refractivity contribution in [2.24, 2.45) is 0 Å². The van der Waals surface area contributed by atoms with Gasteiger partial charge in [0.2, 0.25) is 0 Å². The molecular formula is C17H18N4O7. The predicted molar refractivity (Wildman–Crippen MR) is 94.8 cm³/mol. The first-order valence-electron chi connectivity index (χ1n) is 8.53. The van der Waals surface area contributed by atoms with Crippen LogP contribution < -0.4 is 16.0 Å².